The van der Waals surface area contributed by atoms with E-state index < -0.39 is 5.60 Å². The van der Waals surface area contributed by atoms with Crippen molar-refractivity contribution in [1.29, 1.82) is 0 Å². The average molecular weight is 322 g/mol. The smallest absolute Gasteiger partial charge is 0.134 e. The van der Waals surface area contributed by atoms with E-state index in [1.54, 1.807) is 6.33 Å². The zero-order valence-corrected chi connectivity index (χ0v) is 14.1. The number of nitrogens with one attached hydrogen (secondary N) is 1. The molecule has 0 aliphatic carbocycles. The van der Waals surface area contributed by atoms with Crippen LogP contribution in [0.3, 0.4) is 0 Å². The second-order valence-corrected chi connectivity index (χ2v) is 7.91. The maximum absolute atomic E-state index is 10.0. The van der Waals surface area contributed by atoms with E-state index in [0.717, 1.165) is 50.0 Å². The van der Waals surface area contributed by atoms with Crippen LogP contribution in [-0.2, 0) is 0 Å². The van der Waals surface area contributed by atoms with Crippen LogP contribution < -0.4 is 10.2 Å². The van der Waals surface area contributed by atoms with Crippen molar-refractivity contribution in [2.24, 2.45) is 5.92 Å². The Morgan fingerprint density at radius 3 is 2.77 bits per heavy atom. The molecular weight excluding hydrogens is 296 g/mol. The molecule has 0 saturated carbocycles. The van der Waals surface area contributed by atoms with E-state index in [1.165, 1.54) is 24.3 Å². The quantitative estimate of drug-likeness (QED) is 0.887. The topological polar surface area (TPSA) is 61.3 Å². The fourth-order valence-electron chi connectivity index (χ4n) is 3.03. The number of piperidine rings is 1. The molecule has 0 unspecified atom stereocenters. The third-order valence-electron chi connectivity index (χ3n) is 4.73. The number of hydrogen-bond donors (Lipinski definition) is 2. The van der Waals surface area contributed by atoms with Crippen molar-refractivity contribution >= 4 is 23.4 Å². The highest BCUT2D eigenvalue weighted by Crippen LogP contribution is 2.26. The molecule has 0 radical (unpaired) electrons. The molecule has 22 heavy (non-hydrogen) atoms. The van der Waals surface area contributed by atoms with Gasteiger partial charge in [0.2, 0.25) is 0 Å². The lowest BCUT2D eigenvalue weighted by Crippen LogP contribution is -2.42. The predicted molar refractivity (Wildman–Crippen MR) is 92.6 cm³/mol. The number of rotatable bonds is 4. The molecule has 2 N–H and O–H groups in total. The lowest BCUT2D eigenvalue weighted by atomic mass is 9.94. The fourth-order valence-corrected chi connectivity index (χ4v) is 4.24. The lowest BCUT2D eigenvalue weighted by molar-refractivity contribution is 0.0350. The maximum atomic E-state index is 10.0. The van der Waals surface area contributed by atoms with Gasteiger partial charge in [-0.25, -0.2) is 9.97 Å². The molecule has 3 rings (SSSR count). The summed E-state index contributed by atoms with van der Waals surface area (Å²) in [4.78, 5) is 11.0. The van der Waals surface area contributed by atoms with Gasteiger partial charge in [-0.2, -0.15) is 11.8 Å². The normalized spacial score (nSPS) is 22.5. The van der Waals surface area contributed by atoms with Crippen LogP contribution >= 0.6 is 11.8 Å². The van der Waals surface area contributed by atoms with Crippen molar-refractivity contribution in [3.05, 3.63) is 12.4 Å². The van der Waals surface area contributed by atoms with Crippen LogP contribution in [0.4, 0.5) is 11.6 Å². The fraction of sp³-hybridized carbons (Fsp3) is 0.750. The molecule has 2 saturated heterocycles. The number of anilines is 2. The van der Waals surface area contributed by atoms with Crippen LogP contribution in [0.2, 0.25) is 0 Å². The van der Waals surface area contributed by atoms with E-state index in [-0.39, 0.29) is 0 Å². The molecule has 0 spiro atoms. The molecule has 6 heteroatoms. The Balaban J connectivity index is 1.55. The minimum atomic E-state index is -0.524. The van der Waals surface area contributed by atoms with Crippen LogP contribution in [-0.4, -0.2) is 51.8 Å². The molecule has 0 aromatic carbocycles. The van der Waals surface area contributed by atoms with Gasteiger partial charge in [-0.3, -0.25) is 0 Å². The Kier molecular flexibility index (Phi) is 5.08. The molecular formula is C16H26N4OS. The van der Waals surface area contributed by atoms with E-state index in [9.17, 15) is 5.11 Å². The zero-order chi connectivity index (χ0) is 15.4. The van der Waals surface area contributed by atoms with E-state index in [1.807, 2.05) is 13.0 Å². The molecule has 0 bridgehead atoms. The Hall–Kier alpha value is -1.01. The predicted octanol–water partition coefficient (Wildman–Crippen LogP) is 2.38. The molecule has 1 aromatic heterocycles. The summed E-state index contributed by atoms with van der Waals surface area (Å²) in [7, 11) is 0. The van der Waals surface area contributed by atoms with Crippen molar-refractivity contribution in [3.8, 4) is 0 Å². The molecule has 3 heterocycles. The van der Waals surface area contributed by atoms with Gasteiger partial charge in [0.1, 0.15) is 18.0 Å². The summed E-state index contributed by atoms with van der Waals surface area (Å²) in [5.41, 5.74) is -0.524. The number of nitrogens with zero attached hydrogens (tertiary/aromatic N) is 3. The number of hydrogen-bond acceptors (Lipinski definition) is 6. The highest BCUT2D eigenvalue weighted by molar-refractivity contribution is 7.99. The molecule has 2 fully saturated rings. The average Bonchev–Trinajstić information content (AvgIpc) is 2.54. The van der Waals surface area contributed by atoms with Gasteiger partial charge in [-0.15, -0.1) is 0 Å². The molecule has 1 aromatic rings. The van der Waals surface area contributed by atoms with Crippen molar-refractivity contribution < 1.29 is 5.11 Å². The maximum Gasteiger partial charge on any atom is 0.134 e. The second kappa shape index (κ2) is 7.04. The third-order valence-corrected chi connectivity index (χ3v) is 5.78. The van der Waals surface area contributed by atoms with Crippen LogP contribution in [0, 0.1) is 5.92 Å². The van der Waals surface area contributed by atoms with Crippen LogP contribution in [0.15, 0.2) is 12.4 Å². The first-order chi connectivity index (χ1) is 10.6. The van der Waals surface area contributed by atoms with Gasteiger partial charge in [0, 0.05) is 25.7 Å². The second-order valence-electron chi connectivity index (χ2n) is 6.68. The van der Waals surface area contributed by atoms with Crippen LogP contribution in [0.5, 0.6) is 0 Å². The molecule has 122 valence electrons. The van der Waals surface area contributed by atoms with Crippen molar-refractivity contribution in [2.75, 3.05) is 41.4 Å². The van der Waals surface area contributed by atoms with Crippen molar-refractivity contribution in [1.82, 2.24) is 9.97 Å². The summed E-state index contributed by atoms with van der Waals surface area (Å²) in [5.74, 6) is 5.22. The molecule has 5 nitrogen and oxygen atoms in total. The third kappa shape index (κ3) is 4.26. The minimum Gasteiger partial charge on any atom is -0.390 e. The van der Waals surface area contributed by atoms with E-state index in [2.05, 4.69) is 31.9 Å². The summed E-state index contributed by atoms with van der Waals surface area (Å²) in [6.45, 7) is 4.62. The van der Waals surface area contributed by atoms with E-state index in [4.69, 9.17) is 0 Å². The molecule has 2 aliphatic heterocycles. The van der Waals surface area contributed by atoms with E-state index in [0.29, 0.717) is 0 Å². The first-order valence-electron chi connectivity index (χ1n) is 8.23. The standard InChI is InChI=1S/C16H26N4OS/c1-16(21)4-6-20(7-5-16)15-10-14(18-12-19-15)17-11-13-2-8-22-9-3-13/h10,12-13,21H,2-9,11H2,1H3,(H,17,18,19). The summed E-state index contributed by atoms with van der Waals surface area (Å²) < 4.78 is 0. The van der Waals surface area contributed by atoms with E-state index >= 15 is 0 Å². The van der Waals surface area contributed by atoms with Gasteiger partial charge >= 0.3 is 0 Å². The summed E-state index contributed by atoms with van der Waals surface area (Å²) in [6.07, 6.45) is 5.83. The first kappa shape index (κ1) is 15.9. The summed E-state index contributed by atoms with van der Waals surface area (Å²) >= 11 is 2.06. The highest BCUT2D eigenvalue weighted by atomic mass is 32.2. The zero-order valence-electron chi connectivity index (χ0n) is 13.3. The Labute approximate surface area is 136 Å². The summed E-state index contributed by atoms with van der Waals surface area (Å²) in [6, 6.07) is 2.04. The van der Waals surface area contributed by atoms with Gasteiger partial charge in [0.25, 0.3) is 0 Å². The Bertz CT molecular complexity index is 481. The Morgan fingerprint density at radius 2 is 2.05 bits per heavy atom. The van der Waals surface area contributed by atoms with Gasteiger partial charge in [-0.1, -0.05) is 0 Å². The van der Waals surface area contributed by atoms with Gasteiger partial charge in [0.15, 0.2) is 0 Å². The molecule has 0 atom stereocenters. The largest absolute Gasteiger partial charge is 0.390 e. The summed E-state index contributed by atoms with van der Waals surface area (Å²) in [5, 5.41) is 13.5. The van der Waals surface area contributed by atoms with Crippen LogP contribution in [0.25, 0.3) is 0 Å². The van der Waals surface area contributed by atoms with Gasteiger partial charge < -0.3 is 15.3 Å². The number of aliphatic hydroxyl groups is 1. The minimum absolute atomic E-state index is 0.524. The highest BCUT2D eigenvalue weighted by Gasteiger charge is 2.28. The lowest BCUT2D eigenvalue weighted by Gasteiger charge is -2.36. The monoisotopic (exact) mass is 322 g/mol. The first-order valence-corrected chi connectivity index (χ1v) is 9.39. The van der Waals surface area contributed by atoms with Crippen LogP contribution in [0.1, 0.15) is 32.6 Å². The van der Waals surface area contributed by atoms with Gasteiger partial charge in [0.05, 0.1) is 5.60 Å². The number of thioether (sulfide) groups is 1. The van der Waals surface area contributed by atoms with Crippen molar-refractivity contribution in [3.63, 3.8) is 0 Å². The number of aromatic nitrogens is 2. The molecule has 0 amide bonds. The molecule has 2 aliphatic rings. The Morgan fingerprint density at radius 1 is 1.32 bits per heavy atom. The van der Waals surface area contributed by atoms with Gasteiger partial charge in [-0.05, 0) is 50.0 Å². The SMILES string of the molecule is CC1(O)CCN(c2cc(NCC3CCSCC3)ncn2)CC1. The van der Waals surface area contributed by atoms with Crippen molar-refractivity contribution in [2.45, 2.75) is 38.2 Å².